The van der Waals surface area contributed by atoms with Gasteiger partial charge >= 0.3 is 6.03 Å². The molecule has 1 saturated heterocycles. The summed E-state index contributed by atoms with van der Waals surface area (Å²) in [5, 5.41) is 25.8. The van der Waals surface area contributed by atoms with Gasteiger partial charge in [0, 0.05) is 18.4 Å². The maximum Gasteiger partial charge on any atom is 0.324 e. The third kappa shape index (κ3) is 3.39. The van der Waals surface area contributed by atoms with Crippen LogP contribution in [-0.4, -0.2) is 49.0 Å². The number of carbonyl (C=O) groups excluding carboxylic acids is 1. The van der Waals surface area contributed by atoms with Gasteiger partial charge in [0.25, 0.3) is 0 Å². The van der Waals surface area contributed by atoms with Crippen molar-refractivity contribution in [2.75, 3.05) is 11.9 Å². The lowest BCUT2D eigenvalue weighted by Gasteiger charge is -2.21. The van der Waals surface area contributed by atoms with Crippen LogP contribution in [0.1, 0.15) is 50.0 Å². The van der Waals surface area contributed by atoms with E-state index >= 15 is 0 Å². The molecule has 0 spiro atoms. The molecule has 0 bridgehead atoms. The summed E-state index contributed by atoms with van der Waals surface area (Å²) in [7, 11) is 0. The molecule has 10 heteroatoms. The first kappa shape index (κ1) is 16.8. The molecule has 24 heavy (non-hydrogen) atoms. The number of nitrogens with zero attached hydrogens (tertiary/aromatic N) is 5. The summed E-state index contributed by atoms with van der Waals surface area (Å²) in [6.07, 6.45) is -0.272. The fourth-order valence-corrected chi connectivity index (χ4v) is 3.25. The molecular formula is C14H20N6O3S. The fraction of sp³-hybridized carbons (Fsp3) is 0.643. The lowest BCUT2D eigenvalue weighted by atomic mass is 9.98. The monoisotopic (exact) mass is 352 g/mol. The Labute approximate surface area is 143 Å². The van der Waals surface area contributed by atoms with Crippen molar-refractivity contribution in [3.05, 3.63) is 16.7 Å². The highest BCUT2D eigenvalue weighted by molar-refractivity contribution is 7.15. The van der Waals surface area contributed by atoms with Crippen molar-refractivity contribution in [2.45, 2.75) is 51.7 Å². The van der Waals surface area contributed by atoms with Gasteiger partial charge in [0.2, 0.25) is 11.0 Å². The summed E-state index contributed by atoms with van der Waals surface area (Å²) >= 11 is 1.33. The molecule has 2 atom stereocenters. The van der Waals surface area contributed by atoms with Crippen molar-refractivity contribution < 1.29 is 14.4 Å². The zero-order valence-electron chi connectivity index (χ0n) is 14.0. The number of rotatable bonds is 2. The quantitative estimate of drug-likeness (QED) is 0.847. The third-order valence-corrected chi connectivity index (χ3v) is 4.91. The summed E-state index contributed by atoms with van der Waals surface area (Å²) in [6, 6.07) is -0.819. The number of hydrogen-bond acceptors (Lipinski definition) is 8. The number of nitrogens with one attached hydrogen (secondary N) is 1. The molecular weight excluding hydrogens is 332 g/mol. The topological polar surface area (TPSA) is 117 Å². The molecule has 0 aliphatic carbocycles. The highest BCUT2D eigenvalue weighted by Gasteiger charge is 2.39. The first-order chi connectivity index (χ1) is 11.2. The van der Waals surface area contributed by atoms with Crippen LogP contribution in [0.25, 0.3) is 0 Å². The Bertz CT molecular complexity index is 737. The minimum atomic E-state index is -0.632. The Morgan fingerprint density at radius 1 is 1.42 bits per heavy atom. The van der Waals surface area contributed by atoms with Crippen LogP contribution in [0.5, 0.6) is 0 Å². The molecule has 3 rings (SSSR count). The molecule has 1 fully saturated rings. The maximum atomic E-state index is 12.6. The number of aryl methyl sites for hydroxylation is 1. The minimum Gasteiger partial charge on any atom is -0.391 e. The van der Waals surface area contributed by atoms with E-state index in [4.69, 9.17) is 4.52 Å². The molecule has 0 radical (unpaired) electrons. The van der Waals surface area contributed by atoms with Gasteiger partial charge in [0.05, 0.1) is 6.10 Å². The van der Waals surface area contributed by atoms with Crippen LogP contribution in [0.2, 0.25) is 0 Å². The number of β-amino-alcohol motifs (C(OH)–C–C–N with tert-alkyl or cyclic N) is 1. The third-order valence-electron chi connectivity index (χ3n) is 3.65. The van der Waals surface area contributed by atoms with Gasteiger partial charge in [0.1, 0.15) is 11.0 Å². The predicted molar refractivity (Wildman–Crippen MR) is 86.7 cm³/mol. The van der Waals surface area contributed by atoms with Gasteiger partial charge in [-0.15, -0.1) is 10.2 Å². The average Bonchev–Trinajstić information content (AvgIpc) is 3.17. The van der Waals surface area contributed by atoms with Crippen molar-refractivity contribution in [2.24, 2.45) is 0 Å². The summed E-state index contributed by atoms with van der Waals surface area (Å²) in [6.45, 7) is 8.00. The van der Waals surface area contributed by atoms with E-state index in [0.29, 0.717) is 23.3 Å². The van der Waals surface area contributed by atoms with Gasteiger partial charge in [-0.05, 0) is 6.92 Å². The number of anilines is 1. The van der Waals surface area contributed by atoms with E-state index in [2.05, 4.69) is 25.7 Å². The smallest absolute Gasteiger partial charge is 0.324 e. The number of amides is 2. The van der Waals surface area contributed by atoms with E-state index in [1.165, 1.54) is 16.2 Å². The number of likely N-dealkylation sites (tertiary alicyclic amines) is 1. The van der Waals surface area contributed by atoms with Crippen LogP contribution in [0.3, 0.4) is 0 Å². The standard InChI is InChI=1S/C14H20N6O3S/c1-7-15-10(23-19-7)9-5-8(21)6-20(9)13(22)16-12-18-17-11(24-12)14(2,3)4/h8-9,21H,5-6H2,1-4H3,(H,16,18,22)/t8-,9-/m1/s1. The van der Waals surface area contributed by atoms with Gasteiger partial charge in [-0.3, -0.25) is 5.32 Å². The fourth-order valence-electron chi connectivity index (χ4n) is 2.46. The maximum absolute atomic E-state index is 12.6. The average molecular weight is 352 g/mol. The normalized spacial score (nSPS) is 21.3. The summed E-state index contributed by atoms with van der Waals surface area (Å²) in [5.41, 5.74) is -0.131. The van der Waals surface area contributed by atoms with E-state index in [1.807, 2.05) is 20.8 Å². The van der Waals surface area contributed by atoms with Gasteiger partial charge < -0.3 is 14.5 Å². The molecule has 2 aromatic heterocycles. The first-order valence-electron chi connectivity index (χ1n) is 7.64. The Balaban J connectivity index is 1.74. The van der Waals surface area contributed by atoms with Crippen LogP contribution < -0.4 is 5.32 Å². The molecule has 1 aliphatic heterocycles. The molecule has 0 aromatic carbocycles. The highest BCUT2D eigenvalue weighted by Crippen LogP contribution is 2.33. The largest absolute Gasteiger partial charge is 0.391 e. The van der Waals surface area contributed by atoms with Crippen LogP contribution >= 0.6 is 11.3 Å². The van der Waals surface area contributed by atoms with Crippen LogP contribution in [0, 0.1) is 6.92 Å². The van der Waals surface area contributed by atoms with Crippen molar-refractivity contribution in [1.29, 1.82) is 0 Å². The van der Waals surface area contributed by atoms with Gasteiger partial charge in [-0.25, -0.2) is 4.79 Å². The number of aliphatic hydroxyl groups is 1. The molecule has 3 heterocycles. The lowest BCUT2D eigenvalue weighted by Crippen LogP contribution is -2.35. The number of carbonyl (C=O) groups is 1. The summed E-state index contributed by atoms with van der Waals surface area (Å²) in [4.78, 5) is 18.2. The zero-order valence-corrected chi connectivity index (χ0v) is 14.8. The Morgan fingerprint density at radius 2 is 2.17 bits per heavy atom. The molecule has 0 saturated carbocycles. The summed E-state index contributed by atoms with van der Waals surface area (Å²) in [5.74, 6) is 0.817. The second kappa shape index (κ2) is 6.10. The van der Waals surface area contributed by atoms with Crippen LogP contribution in [0.4, 0.5) is 9.93 Å². The van der Waals surface area contributed by atoms with E-state index in [1.54, 1.807) is 6.92 Å². The summed E-state index contributed by atoms with van der Waals surface area (Å²) < 4.78 is 5.16. The van der Waals surface area contributed by atoms with Crippen molar-refractivity contribution in [3.8, 4) is 0 Å². The molecule has 1 aliphatic rings. The minimum absolute atomic E-state index is 0.131. The molecule has 2 N–H and O–H groups in total. The number of hydrogen-bond donors (Lipinski definition) is 2. The van der Waals surface area contributed by atoms with E-state index in [9.17, 15) is 9.90 Å². The SMILES string of the molecule is Cc1noc([C@H]2C[C@@H](O)CN2C(=O)Nc2nnc(C(C)(C)C)s2)n1. The first-order valence-corrected chi connectivity index (χ1v) is 8.45. The zero-order chi connectivity index (χ0) is 17.5. The molecule has 130 valence electrons. The second-order valence-corrected chi connectivity index (χ2v) is 7.81. The Kier molecular flexibility index (Phi) is 4.26. The molecule has 0 unspecified atom stereocenters. The molecule has 2 aromatic rings. The van der Waals surface area contributed by atoms with E-state index < -0.39 is 12.1 Å². The van der Waals surface area contributed by atoms with Crippen LogP contribution in [-0.2, 0) is 5.41 Å². The van der Waals surface area contributed by atoms with Gasteiger partial charge in [-0.1, -0.05) is 37.3 Å². The Morgan fingerprint density at radius 3 is 2.75 bits per heavy atom. The van der Waals surface area contributed by atoms with E-state index in [0.717, 1.165) is 5.01 Å². The highest BCUT2D eigenvalue weighted by atomic mass is 32.1. The van der Waals surface area contributed by atoms with Crippen LogP contribution in [0.15, 0.2) is 4.52 Å². The Hall–Kier alpha value is -2.07. The molecule has 9 nitrogen and oxygen atoms in total. The van der Waals surface area contributed by atoms with Crippen molar-refractivity contribution in [3.63, 3.8) is 0 Å². The van der Waals surface area contributed by atoms with Crippen molar-refractivity contribution >= 4 is 22.5 Å². The van der Waals surface area contributed by atoms with Crippen molar-refractivity contribution in [1.82, 2.24) is 25.2 Å². The number of aromatic nitrogens is 4. The van der Waals surface area contributed by atoms with Gasteiger partial charge in [0.15, 0.2) is 5.82 Å². The second-order valence-electron chi connectivity index (χ2n) is 6.83. The molecule has 2 amide bonds. The van der Waals surface area contributed by atoms with Gasteiger partial charge in [-0.2, -0.15) is 4.98 Å². The predicted octanol–water partition coefficient (Wildman–Crippen LogP) is 1.87. The van der Waals surface area contributed by atoms with E-state index in [-0.39, 0.29) is 18.0 Å². The lowest BCUT2D eigenvalue weighted by molar-refractivity contribution is 0.174. The number of aliphatic hydroxyl groups excluding tert-OH is 1. The number of urea groups is 1.